The first-order valence-corrected chi connectivity index (χ1v) is 8.93. The highest BCUT2D eigenvalue weighted by atomic mass is 35.5. The maximum atomic E-state index is 12.1. The molecule has 0 aromatic heterocycles. The highest BCUT2D eigenvalue weighted by Gasteiger charge is 2.12. The molecule has 4 heteroatoms. The van der Waals surface area contributed by atoms with Gasteiger partial charge in [0.2, 0.25) is 5.91 Å². The van der Waals surface area contributed by atoms with Crippen molar-refractivity contribution < 1.29 is 4.79 Å². The molecule has 0 spiro atoms. The van der Waals surface area contributed by atoms with Crippen molar-refractivity contribution in [2.45, 2.75) is 25.7 Å². The molecule has 25 heavy (non-hydrogen) atoms. The van der Waals surface area contributed by atoms with E-state index in [-0.39, 0.29) is 18.3 Å². The Morgan fingerprint density at radius 2 is 1.76 bits per heavy atom. The van der Waals surface area contributed by atoms with Crippen molar-refractivity contribution in [1.29, 1.82) is 0 Å². The molecule has 134 valence electrons. The third-order valence-corrected chi connectivity index (χ3v) is 4.70. The number of amides is 1. The van der Waals surface area contributed by atoms with Crippen LogP contribution in [0.2, 0.25) is 0 Å². The maximum Gasteiger partial charge on any atom is 0.224 e. The van der Waals surface area contributed by atoms with Crippen molar-refractivity contribution in [1.82, 2.24) is 10.6 Å². The molecule has 0 bridgehead atoms. The number of carbonyl (C=O) groups excluding carboxylic acids is 1. The lowest BCUT2D eigenvalue weighted by Crippen LogP contribution is -2.33. The first-order valence-electron chi connectivity index (χ1n) is 8.93. The van der Waals surface area contributed by atoms with Gasteiger partial charge in [0.25, 0.3) is 0 Å². The van der Waals surface area contributed by atoms with Crippen molar-refractivity contribution >= 4 is 18.3 Å². The fourth-order valence-corrected chi connectivity index (χ4v) is 3.28. The van der Waals surface area contributed by atoms with E-state index in [1.54, 1.807) is 0 Å². The van der Waals surface area contributed by atoms with E-state index in [1.165, 1.54) is 24.0 Å². The van der Waals surface area contributed by atoms with E-state index < -0.39 is 0 Å². The molecule has 0 saturated carbocycles. The van der Waals surface area contributed by atoms with E-state index in [0.29, 0.717) is 12.3 Å². The zero-order chi connectivity index (χ0) is 16.6. The summed E-state index contributed by atoms with van der Waals surface area (Å²) >= 11 is 0. The van der Waals surface area contributed by atoms with E-state index in [2.05, 4.69) is 34.9 Å². The third-order valence-electron chi connectivity index (χ3n) is 4.70. The molecule has 0 radical (unpaired) electrons. The quantitative estimate of drug-likeness (QED) is 0.824. The van der Waals surface area contributed by atoms with E-state index in [0.717, 1.165) is 31.6 Å². The van der Waals surface area contributed by atoms with E-state index in [9.17, 15) is 4.79 Å². The molecule has 1 amide bonds. The molecule has 1 heterocycles. The average Bonchev–Trinajstić information content (AvgIpc) is 2.64. The van der Waals surface area contributed by atoms with Gasteiger partial charge in [0.15, 0.2) is 0 Å². The van der Waals surface area contributed by atoms with Gasteiger partial charge in [-0.15, -0.1) is 12.4 Å². The molecular formula is C21H27ClN2O. The summed E-state index contributed by atoms with van der Waals surface area (Å²) in [4.78, 5) is 12.1. The highest BCUT2D eigenvalue weighted by Crippen LogP contribution is 2.19. The fourth-order valence-electron chi connectivity index (χ4n) is 3.28. The minimum atomic E-state index is 0. The van der Waals surface area contributed by atoms with Crippen LogP contribution in [0.3, 0.4) is 0 Å². The van der Waals surface area contributed by atoms with Gasteiger partial charge in [-0.1, -0.05) is 54.6 Å². The van der Waals surface area contributed by atoms with Gasteiger partial charge in [-0.2, -0.15) is 0 Å². The average molecular weight is 359 g/mol. The van der Waals surface area contributed by atoms with E-state index in [4.69, 9.17) is 0 Å². The van der Waals surface area contributed by atoms with Gasteiger partial charge in [-0.25, -0.2) is 0 Å². The zero-order valence-corrected chi connectivity index (χ0v) is 15.4. The summed E-state index contributed by atoms with van der Waals surface area (Å²) in [6.07, 6.45) is 4.07. The van der Waals surface area contributed by atoms with Crippen molar-refractivity contribution in [2.24, 2.45) is 5.92 Å². The van der Waals surface area contributed by atoms with Crippen LogP contribution < -0.4 is 10.6 Å². The minimum absolute atomic E-state index is 0. The highest BCUT2D eigenvalue weighted by molar-refractivity contribution is 5.85. The van der Waals surface area contributed by atoms with Crippen LogP contribution in [0.1, 0.15) is 24.8 Å². The van der Waals surface area contributed by atoms with Gasteiger partial charge in [0, 0.05) is 6.54 Å². The summed E-state index contributed by atoms with van der Waals surface area (Å²) in [5.74, 6) is 0.829. The third kappa shape index (κ3) is 6.18. The van der Waals surface area contributed by atoms with Crippen LogP contribution in [-0.2, 0) is 11.2 Å². The Hall–Kier alpha value is -1.84. The minimum Gasteiger partial charge on any atom is -0.356 e. The lowest BCUT2D eigenvalue weighted by Gasteiger charge is -2.22. The maximum absolute atomic E-state index is 12.1. The number of hydrogen-bond acceptors (Lipinski definition) is 2. The lowest BCUT2D eigenvalue weighted by atomic mass is 9.96. The summed E-state index contributed by atoms with van der Waals surface area (Å²) in [7, 11) is 0. The molecule has 1 unspecified atom stereocenters. The molecule has 2 aromatic carbocycles. The van der Waals surface area contributed by atoms with Crippen molar-refractivity contribution in [3.63, 3.8) is 0 Å². The van der Waals surface area contributed by atoms with Crippen LogP contribution in [0.5, 0.6) is 0 Å². The molecule has 3 nitrogen and oxygen atoms in total. The Morgan fingerprint density at radius 3 is 2.44 bits per heavy atom. The second-order valence-electron chi connectivity index (χ2n) is 6.59. The number of piperidine rings is 1. The van der Waals surface area contributed by atoms with Crippen LogP contribution in [0.4, 0.5) is 0 Å². The lowest BCUT2D eigenvalue weighted by molar-refractivity contribution is -0.120. The summed E-state index contributed by atoms with van der Waals surface area (Å²) in [5.41, 5.74) is 3.45. The van der Waals surface area contributed by atoms with Crippen LogP contribution in [-0.4, -0.2) is 25.5 Å². The number of halogens is 1. The number of hydrogen-bond donors (Lipinski definition) is 2. The largest absolute Gasteiger partial charge is 0.356 e. The number of benzene rings is 2. The number of rotatable bonds is 6. The Morgan fingerprint density at radius 1 is 1.04 bits per heavy atom. The smallest absolute Gasteiger partial charge is 0.224 e. The predicted octanol–water partition coefficient (Wildman–Crippen LogP) is 3.82. The molecule has 1 atom stereocenters. The van der Waals surface area contributed by atoms with Gasteiger partial charge in [-0.05, 0) is 55.0 Å². The normalized spacial score (nSPS) is 16.7. The van der Waals surface area contributed by atoms with Gasteiger partial charge >= 0.3 is 0 Å². The fraction of sp³-hybridized carbons (Fsp3) is 0.381. The van der Waals surface area contributed by atoms with E-state index in [1.807, 2.05) is 30.3 Å². The van der Waals surface area contributed by atoms with Crippen LogP contribution >= 0.6 is 12.4 Å². The molecule has 1 aliphatic rings. The topological polar surface area (TPSA) is 41.1 Å². The molecule has 2 N–H and O–H groups in total. The van der Waals surface area contributed by atoms with Crippen molar-refractivity contribution in [2.75, 3.05) is 19.6 Å². The van der Waals surface area contributed by atoms with Crippen molar-refractivity contribution in [3.8, 4) is 11.1 Å². The van der Waals surface area contributed by atoms with Gasteiger partial charge in [0.1, 0.15) is 0 Å². The Bertz CT molecular complexity index is 637. The second kappa shape index (κ2) is 10.2. The molecule has 1 fully saturated rings. The SMILES string of the molecule is Cl.O=C(Cc1ccc(-c2ccccc2)cc1)NCCC1CCCNC1. The first-order chi connectivity index (χ1) is 11.8. The van der Waals surface area contributed by atoms with Crippen molar-refractivity contribution in [3.05, 3.63) is 60.2 Å². The van der Waals surface area contributed by atoms with Gasteiger partial charge < -0.3 is 10.6 Å². The first kappa shape index (κ1) is 19.5. The molecule has 0 aliphatic carbocycles. The number of carbonyl (C=O) groups is 1. The Labute approximate surface area is 156 Å². The number of nitrogens with one attached hydrogen (secondary N) is 2. The zero-order valence-electron chi connectivity index (χ0n) is 14.5. The standard InChI is InChI=1S/C21H26N2O.ClH/c24-21(23-14-12-18-5-4-13-22-16-18)15-17-8-10-20(11-9-17)19-6-2-1-3-7-19;/h1-3,6-11,18,22H,4-5,12-16H2,(H,23,24);1H. The van der Waals surface area contributed by atoms with Crippen LogP contribution in [0, 0.1) is 5.92 Å². The second-order valence-corrected chi connectivity index (χ2v) is 6.59. The molecule has 1 saturated heterocycles. The molecule has 2 aromatic rings. The predicted molar refractivity (Wildman–Crippen MR) is 106 cm³/mol. The van der Waals surface area contributed by atoms with E-state index >= 15 is 0 Å². The van der Waals surface area contributed by atoms with Gasteiger partial charge in [-0.3, -0.25) is 4.79 Å². The summed E-state index contributed by atoms with van der Waals surface area (Å²) in [6.45, 7) is 3.02. The Balaban J connectivity index is 0.00000225. The summed E-state index contributed by atoms with van der Waals surface area (Å²) in [5, 5.41) is 6.48. The molecule has 1 aliphatic heterocycles. The summed E-state index contributed by atoms with van der Waals surface area (Å²) in [6, 6.07) is 18.6. The molecular weight excluding hydrogens is 332 g/mol. The molecule has 3 rings (SSSR count). The summed E-state index contributed by atoms with van der Waals surface area (Å²) < 4.78 is 0. The van der Waals surface area contributed by atoms with Crippen LogP contribution in [0.25, 0.3) is 11.1 Å². The monoisotopic (exact) mass is 358 g/mol. The van der Waals surface area contributed by atoms with Gasteiger partial charge in [0.05, 0.1) is 6.42 Å². The van der Waals surface area contributed by atoms with Crippen LogP contribution in [0.15, 0.2) is 54.6 Å². The Kier molecular flexibility index (Phi) is 7.96.